The Kier molecular flexibility index (Phi) is 4.34. The van der Waals surface area contributed by atoms with Crippen molar-refractivity contribution in [1.29, 1.82) is 0 Å². The second-order valence-corrected chi connectivity index (χ2v) is 5.56. The van der Waals surface area contributed by atoms with Crippen molar-refractivity contribution in [3.05, 3.63) is 39.5 Å². The zero-order valence-electron chi connectivity index (χ0n) is 11.8. The van der Waals surface area contributed by atoms with Gasteiger partial charge in [-0.25, -0.2) is 9.97 Å². The van der Waals surface area contributed by atoms with Crippen LogP contribution in [0.25, 0.3) is 11.3 Å². The molecule has 110 valence electrons. The van der Waals surface area contributed by atoms with Crippen molar-refractivity contribution >= 4 is 35.1 Å². The SMILES string of the molecule is Cc1nc(N)nc(-c2ccc(Cl)cc2Cl)c1C(=O)N(C)C. The zero-order valence-corrected chi connectivity index (χ0v) is 13.3. The van der Waals surface area contributed by atoms with E-state index in [1.165, 1.54) is 4.90 Å². The Morgan fingerprint density at radius 3 is 2.48 bits per heavy atom. The van der Waals surface area contributed by atoms with Crippen LogP contribution >= 0.6 is 23.2 Å². The summed E-state index contributed by atoms with van der Waals surface area (Å²) in [7, 11) is 3.32. The highest BCUT2D eigenvalue weighted by molar-refractivity contribution is 6.36. The van der Waals surface area contributed by atoms with E-state index in [4.69, 9.17) is 28.9 Å². The van der Waals surface area contributed by atoms with Crippen LogP contribution in [-0.4, -0.2) is 34.9 Å². The number of amides is 1. The lowest BCUT2D eigenvalue weighted by molar-refractivity contribution is 0.0827. The summed E-state index contributed by atoms with van der Waals surface area (Å²) in [6.07, 6.45) is 0. The summed E-state index contributed by atoms with van der Waals surface area (Å²) in [6, 6.07) is 4.98. The number of nitrogens with zero attached hydrogens (tertiary/aromatic N) is 3. The van der Waals surface area contributed by atoms with Gasteiger partial charge in [0.2, 0.25) is 5.95 Å². The minimum absolute atomic E-state index is 0.0869. The van der Waals surface area contributed by atoms with E-state index in [0.717, 1.165) is 0 Å². The van der Waals surface area contributed by atoms with E-state index in [0.29, 0.717) is 32.6 Å². The van der Waals surface area contributed by atoms with E-state index in [9.17, 15) is 4.79 Å². The fourth-order valence-corrected chi connectivity index (χ4v) is 2.45. The summed E-state index contributed by atoms with van der Waals surface area (Å²) in [5.41, 5.74) is 7.57. The third-order valence-corrected chi connectivity index (χ3v) is 3.46. The van der Waals surface area contributed by atoms with Gasteiger partial charge in [0, 0.05) is 24.7 Å². The molecule has 0 bridgehead atoms. The Hall–Kier alpha value is -1.85. The van der Waals surface area contributed by atoms with E-state index in [-0.39, 0.29) is 11.9 Å². The highest BCUT2D eigenvalue weighted by Gasteiger charge is 2.22. The Balaban J connectivity index is 2.75. The maximum absolute atomic E-state index is 12.4. The van der Waals surface area contributed by atoms with Gasteiger partial charge >= 0.3 is 0 Å². The number of hydrogen-bond acceptors (Lipinski definition) is 4. The number of aromatic nitrogens is 2. The molecule has 0 aliphatic carbocycles. The van der Waals surface area contributed by atoms with Crippen molar-refractivity contribution in [1.82, 2.24) is 14.9 Å². The molecule has 1 aromatic carbocycles. The molecule has 2 aromatic rings. The minimum Gasteiger partial charge on any atom is -0.368 e. The number of carbonyl (C=O) groups is 1. The van der Waals surface area contributed by atoms with Gasteiger partial charge in [0.25, 0.3) is 5.91 Å². The van der Waals surface area contributed by atoms with E-state index in [1.54, 1.807) is 39.2 Å². The van der Waals surface area contributed by atoms with Crippen LogP contribution in [0.2, 0.25) is 10.0 Å². The molecular weight excluding hydrogens is 311 g/mol. The van der Waals surface area contributed by atoms with Crippen molar-refractivity contribution in [2.45, 2.75) is 6.92 Å². The molecule has 1 amide bonds. The van der Waals surface area contributed by atoms with Gasteiger partial charge in [0.15, 0.2) is 0 Å². The topological polar surface area (TPSA) is 72.1 Å². The highest BCUT2D eigenvalue weighted by atomic mass is 35.5. The number of halogens is 2. The maximum Gasteiger partial charge on any atom is 0.257 e. The van der Waals surface area contributed by atoms with Gasteiger partial charge in [0.05, 0.1) is 22.0 Å². The maximum atomic E-state index is 12.4. The number of benzene rings is 1. The first-order chi connectivity index (χ1) is 9.81. The summed E-state index contributed by atoms with van der Waals surface area (Å²) < 4.78 is 0. The summed E-state index contributed by atoms with van der Waals surface area (Å²) in [5, 5.41) is 0.899. The minimum atomic E-state index is -0.214. The Labute approximate surface area is 132 Å². The Bertz CT molecular complexity index is 716. The third-order valence-electron chi connectivity index (χ3n) is 2.91. The Morgan fingerprint density at radius 1 is 1.24 bits per heavy atom. The van der Waals surface area contributed by atoms with Gasteiger partial charge in [-0.3, -0.25) is 4.79 Å². The van der Waals surface area contributed by atoms with Crippen LogP contribution < -0.4 is 5.73 Å². The van der Waals surface area contributed by atoms with Crippen LogP contribution in [0.15, 0.2) is 18.2 Å². The fraction of sp³-hybridized carbons (Fsp3) is 0.214. The molecule has 2 N–H and O–H groups in total. The molecule has 0 spiro atoms. The zero-order chi connectivity index (χ0) is 15.7. The van der Waals surface area contributed by atoms with Gasteiger partial charge in [-0.05, 0) is 25.1 Å². The molecule has 0 atom stereocenters. The molecule has 0 unspecified atom stereocenters. The normalized spacial score (nSPS) is 10.5. The second kappa shape index (κ2) is 5.87. The summed E-state index contributed by atoms with van der Waals surface area (Å²) >= 11 is 12.1. The first-order valence-corrected chi connectivity index (χ1v) is 6.88. The van der Waals surface area contributed by atoms with E-state index >= 15 is 0 Å². The quantitative estimate of drug-likeness (QED) is 0.921. The monoisotopic (exact) mass is 324 g/mol. The van der Waals surface area contributed by atoms with Gasteiger partial charge in [-0.1, -0.05) is 23.2 Å². The lowest BCUT2D eigenvalue weighted by atomic mass is 10.0. The van der Waals surface area contributed by atoms with Gasteiger partial charge in [-0.15, -0.1) is 0 Å². The molecule has 5 nitrogen and oxygen atoms in total. The molecule has 0 aliphatic heterocycles. The average molecular weight is 325 g/mol. The molecule has 0 radical (unpaired) electrons. The van der Waals surface area contributed by atoms with Crippen molar-refractivity contribution in [2.75, 3.05) is 19.8 Å². The smallest absolute Gasteiger partial charge is 0.257 e. The van der Waals surface area contributed by atoms with Crippen molar-refractivity contribution in [3.63, 3.8) is 0 Å². The molecule has 1 heterocycles. The van der Waals surface area contributed by atoms with Gasteiger partial charge in [0.1, 0.15) is 0 Å². The van der Waals surface area contributed by atoms with Gasteiger partial charge < -0.3 is 10.6 Å². The lowest BCUT2D eigenvalue weighted by Crippen LogP contribution is -2.24. The first kappa shape index (κ1) is 15.5. The number of aryl methyl sites for hydroxylation is 1. The van der Waals surface area contributed by atoms with E-state index < -0.39 is 0 Å². The van der Waals surface area contributed by atoms with Crippen LogP contribution in [0.1, 0.15) is 16.1 Å². The van der Waals surface area contributed by atoms with E-state index in [2.05, 4.69) is 9.97 Å². The van der Waals surface area contributed by atoms with E-state index in [1.807, 2.05) is 0 Å². The number of anilines is 1. The van der Waals surface area contributed by atoms with Crippen LogP contribution in [0.4, 0.5) is 5.95 Å². The number of carbonyl (C=O) groups excluding carboxylic acids is 1. The molecule has 0 saturated heterocycles. The third kappa shape index (κ3) is 3.09. The molecule has 0 aliphatic rings. The summed E-state index contributed by atoms with van der Waals surface area (Å²) in [4.78, 5) is 22.1. The molecule has 1 aromatic heterocycles. The highest BCUT2D eigenvalue weighted by Crippen LogP contribution is 2.32. The molecule has 0 saturated carbocycles. The standard InChI is InChI=1S/C14H14Cl2N4O/c1-7-11(13(21)20(2)3)12(19-14(17)18-7)9-5-4-8(15)6-10(9)16/h4-6H,1-3H3,(H2,17,18,19). The van der Waals surface area contributed by atoms with Crippen molar-refractivity contribution in [3.8, 4) is 11.3 Å². The molecule has 7 heteroatoms. The largest absolute Gasteiger partial charge is 0.368 e. The molecular formula is C14H14Cl2N4O. The Morgan fingerprint density at radius 2 is 1.90 bits per heavy atom. The van der Waals surface area contributed by atoms with Gasteiger partial charge in [-0.2, -0.15) is 0 Å². The number of nitrogens with two attached hydrogens (primary N) is 1. The number of hydrogen-bond donors (Lipinski definition) is 1. The number of nitrogen functional groups attached to an aromatic ring is 1. The van der Waals surface area contributed by atoms with Crippen LogP contribution in [-0.2, 0) is 0 Å². The average Bonchev–Trinajstić information content (AvgIpc) is 2.37. The predicted octanol–water partition coefficient (Wildman–Crippen LogP) is 3.04. The lowest BCUT2D eigenvalue weighted by Gasteiger charge is -2.16. The molecule has 0 fully saturated rings. The van der Waals surface area contributed by atoms with Crippen LogP contribution in [0.3, 0.4) is 0 Å². The summed E-state index contributed by atoms with van der Waals surface area (Å²) in [5.74, 6) is -0.127. The van der Waals surface area contributed by atoms with Crippen molar-refractivity contribution < 1.29 is 4.79 Å². The van der Waals surface area contributed by atoms with Crippen LogP contribution in [0, 0.1) is 6.92 Å². The second-order valence-electron chi connectivity index (χ2n) is 4.71. The molecule has 21 heavy (non-hydrogen) atoms. The predicted molar refractivity (Wildman–Crippen MR) is 84.7 cm³/mol. The van der Waals surface area contributed by atoms with Crippen LogP contribution in [0.5, 0.6) is 0 Å². The molecule has 2 rings (SSSR count). The fourth-order valence-electron chi connectivity index (χ4n) is 1.95. The van der Waals surface area contributed by atoms with Crippen molar-refractivity contribution in [2.24, 2.45) is 0 Å². The summed E-state index contributed by atoms with van der Waals surface area (Å²) in [6.45, 7) is 1.71. The first-order valence-electron chi connectivity index (χ1n) is 6.12. The number of rotatable bonds is 2.